The average Bonchev–Trinajstić information content (AvgIpc) is 1.65. The minimum atomic E-state index is -1.71. The Morgan fingerprint density at radius 1 is 0.500 bits per heavy atom. The van der Waals surface area contributed by atoms with Crippen LogP contribution in [0, 0.1) is 11.8 Å². The summed E-state index contributed by atoms with van der Waals surface area (Å²) >= 11 is 5.71. The molecule has 0 aliphatic rings. The van der Waals surface area contributed by atoms with Gasteiger partial charge < -0.3 is 85.5 Å². The molecule has 0 radical (unpaired) electrons. The van der Waals surface area contributed by atoms with Crippen LogP contribution in [0.4, 0.5) is 0 Å². The number of unbranched alkanes of at least 4 members (excludes halogenated alkanes) is 1. The van der Waals surface area contributed by atoms with Gasteiger partial charge in [0.05, 0.1) is 12.6 Å². The van der Waals surface area contributed by atoms with E-state index >= 15 is 0 Å². The molecule has 27 nitrogen and oxygen atoms in total. The Labute approximate surface area is 533 Å². The number of carboxylic acid groups (broad SMARTS) is 1. The van der Waals surface area contributed by atoms with E-state index in [4.69, 9.17) is 17.2 Å². The summed E-state index contributed by atoms with van der Waals surface area (Å²) in [5.41, 5.74) is 18.7. The zero-order valence-electron chi connectivity index (χ0n) is 51.4. The standard InChI is InChI=1S/C61H90N12O15S2/c1-6-34(3)50(73-57(83)47(32-74)70-54(80)44(30-37-16-20-39(75)21-17-37)67-52(78)41(63)26-28-90-5)59(85)65-42(24-25-49(64)77)53(79)68-46(31-38-18-22-40(76)23-19-38)56(82)72-51(35(4)7-2)60(86)69-45(29-36-13-9-8-10-14-36)55(81)71-48(33-89)58(84)66-43(61(87)88)15-11-12-27-62/h8-10,13-14,16-23,34-35,41-48,50-51,74-76,89H,6-7,11-12,15,24-33,62-63H2,1-5H3,(H2,64,77)(H,65,85)(H,66,84)(H,67,78)(H,68,79)(H,69,86)(H,70,80)(H,71,81)(H,72,82)(H,73,83)(H,87,88)/t34-,35-,41-,42-,43-,44-,45-,46-,47-,48-,50-,51-/m0/s1. The quantitative estimate of drug-likeness (QED) is 0.0241. The average molecular weight is 1300 g/mol. The summed E-state index contributed by atoms with van der Waals surface area (Å²) in [7, 11) is 0. The number of amides is 10. The van der Waals surface area contributed by atoms with Gasteiger partial charge in [0.25, 0.3) is 0 Å². The molecule has 3 rings (SSSR count). The molecule has 0 spiro atoms. The van der Waals surface area contributed by atoms with Gasteiger partial charge >= 0.3 is 5.97 Å². The predicted molar refractivity (Wildman–Crippen MR) is 341 cm³/mol. The highest BCUT2D eigenvalue weighted by Gasteiger charge is 2.38. The molecular weight excluding hydrogens is 1200 g/mol. The number of carboxylic acids is 1. The van der Waals surface area contributed by atoms with Gasteiger partial charge in [-0.1, -0.05) is 95.1 Å². The Bertz CT molecular complexity index is 2840. The number of hydrogen-bond donors (Lipinski definition) is 17. The van der Waals surface area contributed by atoms with E-state index in [0.29, 0.717) is 41.8 Å². The van der Waals surface area contributed by atoms with Gasteiger partial charge in [0, 0.05) is 31.4 Å². The maximum atomic E-state index is 14.7. The first-order chi connectivity index (χ1) is 42.8. The Hall–Kier alpha value is -7.99. The maximum absolute atomic E-state index is 14.7. The number of carbonyl (C=O) groups excluding carboxylic acids is 10. The van der Waals surface area contributed by atoms with Crippen LogP contribution in [0.3, 0.4) is 0 Å². The third kappa shape index (κ3) is 26.2. The largest absolute Gasteiger partial charge is 0.508 e. The number of rotatable bonds is 41. The van der Waals surface area contributed by atoms with Gasteiger partial charge in [0.2, 0.25) is 59.1 Å². The zero-order chi connectivity index (χ0) is 67.0. The SMILES string of the molecule is CC[C@H](C)[C@H](NC(=O)[C@H](Cc1ccc(O)cc1)NC(=O)[C@H](CCC(N)=O)NC(=O)[C@@H](NC(=O)[C@H](CO)NC(=O)[C@H](Cc1ccc(O)cc1)NC(=O)[C@@H](N)CCSC)[C@@H](C)CC)C(=O)N[C@@H](Cc1ccccc1)C(=O)N[C@@H](CS)C(=O)N[C@@H](CCCCN)C(=O)O. The molecule has 10 amide bonds. The van der Waals surface area contributed by atoms with Crippen LogP contribution in [0.5, 0.6) is 11.5 Å². The van der Waals surface area contributed by atoms with Crippen molar-refractivity contribution in [1.29, 1.82) is 0 Å². The molecule has 3 aromatic rings. The number of aliphatic hydroxyl groups excluding tert-OH is 1. The molecule has 0 aliphatic heterocycles. The summed E-state index contributed by atoms with van der Waals surface area (Å²) < 4.78 is 0. The van der Waals surface area contributed by atoms with Crippen molar-refractivity contribution in [2.24, 2.45) is 29.0 Å². The lowest BCUT2D eigenvalue weighted by Gasteiger charge is -2.30. The molecule has 0 saturated carbocycles. The van der Waals surface area contributed by atoms with Crippen molar-refractivity contribution in [3.05, 3.63) is 95.6 Å². The minimum Gasteiger partial charge on any atom is -0.508 e. The number of nitrogens with two attached hydrogens (primary N) is 3. The van der Waals surface area contributed by atoms with Crippen LogP contribution in [0.25, 0.3) is 0 Å². The molecule has 19 N–H and O–H groups in total. The Morgan fingerprint density at radius 3 is 1.32 bits per heavy atom. The first-order valence-electron chi connectivity index (χ1n) is 29.8. The van der Waals surface area contributed by atoms with Gasteiger partial charge in [-0.3, -0.25) is 47.9 Å². The number of nitrogens with one attached hydrogen (secondary N) is 9. The first-order valence-corrected chi connectivity index (χ1v) is 31.8. The van der Waals surface area contributed by atoms with Crippen LogP contribution in [0.1, 0.15) is 95.8 Å². The van der Waals surface area contributed by atoms with E-state index in [1.165, 1.54) is 60.3 Å². The maximum Gasteiger partial charge on any atom is 0.326 e. The molecule has 0 unspecified atom stereocenters. The smallest absolute Gasteiger partial charge is 0.326 e. The van der Waals surface area contributed by atoms with Crippen LogP contribution in [-0.4, -0.2) is 177 Å². The number of carbonyl (C=O) groups is 11. The van der Waals surface area contributed by atoms with Crippen molar-refractivity contribution in [2.75, 3.05) is 30.9 Å². The number of aliphatic carboxylic acids is 1. The van der Waals surface area contributed by atoms with Crippen LogP contribution >= 0.6 is 24.4 Å². The molecule has 0 fully saturated rings. The highest BCUT2D eigenvalue weighted by atomic mass is 32.2. The number of thioether (sulfide) groups is 1. The number of benzene rings is 3. The minimum absolute atomic E-state index is 0.0551. The fourth-order valence-electron chi connectivity index (χ4n) is 9.09. The van der Waals surface area contributed by atoms with Crippen LogP contribution < -0.4 is 65.1 Å². The van der Waals surface area contributed by atoms with E-state index < -0.39 is 157 Å². The summed E-state index contributed by atoms with van der Waals surface area (Å²) in [6.45, 7) is 6.02. The fourth-order valence-corrected chi connectivity index (χ4v) is 9.83. The van der Waals surface area contributed by atoms with Gasteiger partial charge in [-0.25, -0.2) is 4.79 Å². The summed E-state index contributed by atoms with van der Waals surface area (Å²) in [6, 6.07) is 5.78. The molecule has 496 valence electrons. The monoisotopic (exact) mass is 1290 g/mol. The Balaban J connectivity index is 1.96. The van der Waals surface area contributed by atoms with Gasteiger partial charge in [-0.15, -0.1) is 0 Å². The van der Waals surface area contributed by atoms with Crippen molar-refractivity contribution in [1.82, 2.24) is 47.9 Å². The highest BCUT2D eigenvalue weighted by molar-refractivity contribution is 7.98. The molecule has 0 bridgehead atoms. The fraction of sp³-hybridized carbons (Fsp3) is 0.525. The lowest BCUT2D eigenvalue weighted by Crippen LogP contribution is -2.62. The van der Waals surface area contributed by atoms with Gasteiger partial charge in [-0.05, 0) is 103 Å². The van der Waals surface area contributed by atoms with E-state index in [9.17, 15) is 73.2 Å². The third-order valence-electron chi connectivity index (χ3n) is 15.0. The number of hydrogen-bond acceptors (Lipinski definition) is 18. The second-order valence-corrected chi connectivity index (χ2v) is 23.3. The van der Waals surface area contributed by atoms with E-state index in [1.807, 2.05) is 6.26 Å². The van der Waals surface area contributed by atoms with Crippen molar-refractivity contribution in [3.8, 4) is 11.5 Å². The normalized spacial score (nSPS) is 15.1. The van der Waals surface area contributed by atoms with E-state index in [1.54, 1.807) is 58.0 Å². The predicted octanol–water partition coefficient (Wildman–Crippen LogP) is -0.937. The van der Waals surface area contributed by atoms with Crippen molar-refractivity contribution < 1.29 is 73.2 Å². The highest BCUT2D eigenvalue weighted by Crippen LogP contribution is 2.17. The molecule has 0 aliphatic carbocycles. The topological polar surface area (TPSA) is 455 Å². The second kappa shape index (κ2) is 39.9. The molecule has 0 saturated heterocycles. The number of phenols is 2. The number of primary amides is 1. The number of aliphatic hydroxyl groups is 1. The van der Waals surface area contributed by atoms with E-state index in [2.05, 4.69) is 60.5 Å². The summed E-state index contributed by atoms with van der Waals surface area (Å²) in [5.74, 6) is -11.5. The first kappa shape index (κ1) is 76.3. The summed E-state index contributed by atoms with van der Waals surface area (Å²) in [4.78, 5) is 151. The number of thiol groups is 1. The van der Waals surface area contributed by atoms with E-state index in [0.717, 1.165) is 0 Å². The van der Waals surface area contributed by atoms with Gasteiger partial charge in [0.1, 0.15) is 65.9 Å². The van der Waals surface area contributed by atoms with Crippen molar-refractivity contribution in [2.45, 2.75) is 159 Å². The molecule has 90 heavy (non-hydrogen) atoms. The van der Waals surface area contributed by atoms with Gasteiger partial charge in [-0.2, -0.15) is 24.4 Å². The summed E-state index contributed by atoms with van der Waals surface area (Å²) in [6.07, 6.45) is 2.21. The molecular formula is C61H90N12O15S2. The number of phenolic OH excluding ortho intramolecular Hbond substituents is 2. The second-order valence-electron chi connectivity index (χ2n) is 22.0. The Kier molecular flexibility index (Phi) is 33.8. The van der Waals surface area contributed by atoms with Crippen molar-refractivity contribution in [3.63, 3.8) is 0 Å². The molecule has 29 heteroatoms. The molecule has 12 atom stereocenters. The molecule has 3 aromatic carbocycles. The van der Waals surface area contributed by atoms with Crippen molar-refractivity contribution >= 4 is 89.4 Å². The van der Waals surface area contributed by atoms with E-state index in [-0.39, 0.29) is 62.2 Å². The zero-order valence-corrected chi connectivity index (χ0v) is 53.1. The summed E-state index contributed by atoms with van der Waals surface area (Å²) in [5, 5.41) is 63.4. The lowest BCUT2D eigenvalue weighted by molar-refractivity contribution is -0.142. The molecule has 0 heterocycles. The lowest BCUT2D eigenvalue weighted by atomic mass is 9.96. The van der Waals surface area contributed by atoms with Crippen LogP contribution in [0.2, 0.25) is 0 Å². The number of aromatic hydroxyl groups is 2. The van der Waals surface area contributed by atoms with Crippen LogP contribution in [0.15, 0.2) is 78.9 Å². The molecule has 0 aromatic heterocycles. The Morgan fingerprint density at radius 2 is 0.889 bits per heavy atom. The van der Waals surface area contributed by atoms with Gasteiger partial charge in [0.15, 0.2) is 0 Å². The van der Waals surface area contributed by atoms with Crippen LogP contribution in [-0.2, 0) is 72.0 Å². The third-order valence-corrected chi connectivity index (χ3v) is 16.0.